The minimum absolute atomic E-state index is 0.108. The van der Waals surface area contributed by atoms with Crippen molar-refractivity contribution >= 4 is 16.9 Å². The van der Waals surface area contributed by atoms with Gasteiger partial charge in [0.1, 0.15) is 5.65 Å². The van der Waals surface area contributed by atoms with E-state index in [9.17, 15) is 14.4 Å². The molecule has 1 unspecified atom stereocenters. The highest BCUT2D eigenvalue weighted by Gasteiger charge is 2.28. The lowest BCUT2D eigenvalue weighted by molar-refractivity contribution is 0.0835. The van der Waals surface area contributed by atoms with Crippen molar-refractivity contribution in [3.63, 3.8) is 0 Å². The number of aryl methyl sites for hydroxylation is 1. The molecule has 0 aromatic carbocycles. The van der Waals surface area contributed by atoms with Gasteiger partial charge in [-0.15, -0.1) is 0 Å². The maximum atomic E-state index is 12.9. The number of hydrogen-bond acceptors (Lipinski definition) is 5. The topological polar surface area (TPSA) is 100 Å². The lowest BCUT2D eigenvalue weighted by Crippen LogP contribution is -2.51. The van der Waals surface area contributed by atoms with Crippen molar-refractivity contribution in [2.45, 2.75) is 76.9 Å². The maximum Gasteiger partial charge on any atom is 0.329 e. The molecule has 0 radical (unpaired) electrons. The molecule has 1 saturated heterocycles. The highest BCUT2D eigenvalue weighted by atomic mass is 16.2. The molecule has 0 bridgehead atoms. The molecule has 1 amide bonds. The van der Waals surface area contributed by atoms with Crippen molar-refractivity contribution in [3.8, 4) is 0 Å². The van der Waals surface area contributed by atoms with Crippen molar-refractivity contribution in [1.82, 2.24) is 24.8 Å². The summed E-state index contributed by atoms with van der Waals surface area (Å²) in [6.07, 6.45) is 10.7. The normalized spacial score (nSPS) is 21.0. The maximum absolute atomic E-state index is 12.9. The van der Waals surface area contributed by atoms with E-state index in [4.69, 9.17) is 0 Å². The molecule has 8 nitrogen and oxygen atoms in total. The van der Waals surface area contributed by atoms with Gasteiger partial charge in [-0.2, -0.15) is 0 Å². The van der Waals surface area contributed by atoms with Crippen LogP contribution in [-0.4, -0.2) is 50.5 Å². The van der Waals surface area contributed by atoms with Crippen molar-refractivity contribution in [1.29, 1.82) is 0 Å². The number of aromatic amines is 1. The molecule has 3 heterocycles. The average Bonchev–Trinajstić information content (AvgIpc) is 2.77. The molecule has 2 fully saturated rings. The molecule has 1 atom stereocenters. The van der Waals surface area contributed by atoms with E-state index in [-0.39, 0.29) is 17.3 Å². The average molecular weight is 414 g/mol. The van der Waals surface area contributed by atoms with Crippen LogP contribution in [0.1, 0.15) is 68.6 Å². The lowest BCUT2D eigenvalue weighted by Gasteiger charge is -2.40. The Labute approximate surface area is 175 Å². The summed E-state index contributed by atoms with van der Waals surface area (Å²) in [7, 11) is 0. The van der Waals surface area contributed by atoms with Gasteiger partial charge in [-0.1, -0.05) is 26.2 Å². The van der Waals surface area contributed by atoms with Gasteiger partial charge in [0, 0.05) is 31.4 Å². The van der Waals surface area contributed by atoms with Gasteiger partial charge in [0.25, 0.3) is 11.5 Å². The van der Waals surface area contributed by atoms with E-state index in [1.54, 1.807) is 6.07 Å². The minimum Gasteiger partial charge on any atom is -0.348 e. The SMILES string of the molecule is CCCn1c(=O)[nH]c(=O)c2cc(C(=O)NC3CCCN(C4CCCCC4)C3)cnc21. The summed E-state index contributed by atoms with van der Waals surface area (Å²) in [5.74, 6) is -0.215. The standard InChI is InChI=1S/C22H31N5O3/c1-2-10-27-19-18(21(29)25-22(27)30)12-15(13-23-19)20(28)24-16-7-6-11-26(14-16)17-8-4-3-5-9-17/h12-13,16-17H,2-11,14H2,1H3,(H,24,28)(H,25,29,30). The molecule has 0 spiro atoms. The van der Waals surface area contributed by atoms with Gasteiger partial charge in [-0.05, 0) is 44.7 Å². The van der Waals surface area contributed by atoms with Crippen molar-refractivity contribution in [2.75, 3.05) is 13.1 Å². The fourth-order valence-electron chi connectivity index (χ4n) is 4.89. The zero-order valence-corrected chi connectivity index (χ0v) is 17.7. The van der Waals surface area contributed by atoms with Crippen LogP contribution in [0.4, 0.5) is 0 Å². The van der Waals surface area contributed by atoms with Crippen LogP contribution in [0.5, 0.6) is 0 Å². The fraction of sp³-hybridized carbons (Fsp3) is 0.636. The molecule has 4 rings (SSSR count). The highest BCUT2D eigenvalue weighted by Crippen LogP contribution is 2.25. The monoisotopic (exact) mass is 413 g/mol. The zero-order chi connectivity index (χ0) is 21.1. The quantitative estimate of drug-likeness (QED) is 0.781. The van der Waals surface area contributed by atoms with Crippen LogP contribution in [0.2, 0.25) is 0 Å². The van der Waals surface area contributed by atoms with Crippen LogP contribution in [0.15, 0.2) is 21.9 Å². The lowest BCUT2D eigenvalue weighted by atomic mass is 9.92. The van der Waals surface area contributed by atoms with E-state index in [1.165, 1.54) is 42.9 Å². The van der Waals surface area contributed by atoms with Gasteiger partial charge in [-0.25, -0.2) is 9.78 Å². The number of piperidine rings is 1. The third-order valence-electron chi connectivity index (χ3n) is 6.42. The summed E-state index contributed by atoms with van der Waals surface area (Å²) in [6.45, 7) is 4.41. The molecule has 1 aliphatic heterocycles. The first kappa shape index (κ1) is 20.8. The molecule has 8 heteroatoms. The molecular formula is C22H31N5O3. The van der Waals surface area contributed by atoms with Crippen LogP contribution in [0.25, 0.3) is 11.0 Å². The summed E-state index contributed by atoms with van der Waals surface area (Å²) >= 11 is 0. The molecule has 2 aliphatic rings. The van der Waals surface area contributed by atoms with Gasteiger partial charge in [0.05, 0.1) is 10.9 Å². The van der Waals surface area contributed by atoms with E-state index < -0.39 is 11.2 Å². The number of amides is 1. The largest absolute Gasteiger partial charge is 0.348 e. The molecule has 30 heavy (non-hydrogen) atoms. The predicted octanol–water partition coefficient (Wildman–Crippen LogP) is 2.02. The third-order valence-corrected chi connectivity index (χ3v) is 6.42. The molecule has 162 valence electrons. The van der Waals surface area contributed by atoms with Crippen molar-refractivity contribution in [3.05, 3.63) is 38.7 Å². The smallest absolute Gasteiger partial charge is 0.329 e. The number of rotatable bonds is 5. The number of hydrogen-bond donors (Lipinski definition) is 2. The summed E-state index contributed by atoms with van der Waals surface area (Å²) in [4.78, 5) is 46.4. The Morgan fingerprint density at radius 2 is 2.00 bits per heavy atom. The number of carbonyl (C=O) groups excluding carboxylic acids is 1. The van der Waals surface area contributed by atoms with E-state index in [1.807, 2.05) is 6.92 Å². The van der Waals surface area contributed by atoms with E-state index >= 15 is 0 Å². The van der Waals surface area contributed by atoms with Gasteiger partial charge in [0.2, 0.25) is 0 Å². The predicted molar refractivity (Wildman–Crippen MR) is 116 cm³/mol. The van der Waals surface area contributed by atoms with Crippen LogP contribution >= 0.6 is 0 Å². The molecule has 2 aromatic heterocycles. The number of H-pyrrole nitrogens is 1. The van der Waals surface area contributed by atoms with Gasteiger partial charge in [-0.3, -0.25) is 24.0 Å². The summed E-state index contributed by atoms with van der Waals surface area (Å²) in [6, 6.07) is 2.30. The first-order valence-electron chi connectivity index (χ1n) is 11.2. The number of nitrogens with zero attached hydrogens (tertiary/aromatic N) is 3. The summed E-state index contributed by atoms with van der Waals surface area (Å²) in [5.41, 5.74) is -0.303. The number of carbonyl (C=O) groups is 1. The second kappa shape index (κ2) is 9.12. The first-order valence-corrected chi connectivity index (χ1v) is 11.2. The number of fused-ring (bicyclic) bond motifs is 1. The van der Waals surface area contributed by atoms with Crippen LogP contribution < -0.4 is 16.6 Å². The Morgan fingerprint density at radius 3 is 2.77 bits per heavy atom. The van der Waals surface area contributed by atoms with E-state index in [0.717, 1.165) is 32.4 Å². The van der Waals surface area contributed by atoms with Crippen molar-refractivity contribution in [2.24, 2.45) is 0 Å². The summed E-state index contributed by atoms with van der Waals surface area (Å²) in [5, 5.41) is 3.40. The molecule has 2 aromatic rings. The van der Waals surface area contributed by atoms with E-state index in [2.05, 4.69) is 20.2 Å². The minimum atomic E-state index is -0.509. The summed E-state index contributed by atoms with van der Waals surface area (Å²) < 4.78 is 1.45. The second-order valence-electron chi connectivity index (χ2n) is 8.61. The van der Waals surface area contributed by atoms with Crippen LogP contribution in [0, 0.1) is 0 Å². The second-order valence-corrected chi connectivity index (χ2v) is 8.61. The first-order chi connectivity index (χ1) is 14.6. The zero-order valence-electron chi connectivity index (χ0n) is 17.7. The van der Waals surface area contributed by atoms with Gasteiger partial charge in [0.15, 0.2) is 0 Å². The molecule has 1 saturated carbocycles. The third kappa shape index (κ3) is 4.33. The number of nitrogens with one attached hydrogen (secondary N) is 2. The van der Waals surface area contributed by atoms with Gasteiger partial charge < -0.3 is 5.32 Å². The Balaban J connectivity index is 1.50. The van der Waals surface area contributed by atoms with Crippen molar-refractivity contribution < 1.29 is 4.79 Å². The Kier molecular flexibility index (Phi) is 6.32. The molecule has 2 N–H and O–H groups in total. The van der Waals surface area contributed by atoms with Crippen LogP contribution in [0.3, 0.4) is 0 Å². The number of aromatic nitrogens is 3. The van der Waals surface area contributed by atoms with Gasteiger partial charge >= 0.3 is 5.69 Å². The Bertz CT molecular complexity index is 1020. The Morgan fingerprint density at radius 1 is 1.20 bits per heavy atom. The molecule has 1 aliphatic carbocycles. The van der Waals surface area contributed by atoms with Crippen LogP contribution in [-0.2, 0) is 6.54 Å². The number of likely N-dealkylation sites (tertiary alicyclic amines) is 1. The highest BCUT2D eigenvalue weighted by molar-refractivity contribution is 5.96. The Hall–Kier alpha value is -2.48. The van der Waals surface area contributed by atoms with E-state index in [0.29, 0.717) is 23.8 Å². The fourth-order valence-corrected chi connectivity index (χ4v) is 4.89. The number of pyridine rings is 1. The molecular weight excluding hydrogens is 382 g/mol.